The maximum atomic E-state index is 11.3. The van der Waals surface area contributed by atoms with Crippen molar-refractivity contribution in [2.24, 2.45) is 0 Å². The largest absolute Gasteiger partial charge is 0.595 e. The van der Waals surface area contributed by atoms with Crippen LogP contribution >= 0.6 is 11.6 Å². The molecule has 0 radical (unpaired) electrons. The highest BCUT2D eigenvalue weighted by Crippen LogP contribution is 2.29. The molecule has 0 saturated heterocycles. The monoisotopic (exact) mass is 293 g/mol. The van der Waals surface area contributed by atoms with Gasteiger partial charge in [0.25, 0.3) is 0 Å². The Kier molecular flexibility index (Phi) is 5.44. The Balaban J connectivity index is 3.27. The van der Waals surface area contributed by atoms with Crippen LogP contribution in [0, 0.1) is 10.4 Å². The van der Waals surface area contributed by atoms with Crippen molar-refractivity contribution in [3.63, 3.8) is 0 Å². The molecule has 106 valence electrons. The van der Waals surface area contributed by atoms with Crippen molar-refractivity contribution in [3.8, 4) is 0 Å². The number of carbonyl (C=O) groups is 1. The molecule has 0 aromatic heterocycles. The predicted molar refractivity (Wildman–Crippen MR) is 63.6 cm³/mol. The van der Waals surface area contributed by atoms with E-state index in [1.165, 1.54) is 0 Å². The summed E-state index contributed by atoms with van der Waals surface area (Å²) in [5.41, 5.74) is -1.24. The van der Waals surface area contributed by atoms with Crippen molar-refractivity contribution < 1.29 is 30.4 Å². The van der Waals surface area contributed by atoms with Gasteiger partial charge in [-0.2, -0.15) is 10.5 Å². The van der Waals surface area contributed by atoms with Gasteiger partial charge < -0.3 is 15.2 Å². The molecule has 0 bridgehead atoms. The van der Waals surface area contributed by atoms with Gasteiger partial charge in [-0.3, -0.25) is 5.32 Å². The number of ether oxygens (including phenoxy) is 1. The van der Waals surface area contributed by atoms with Gasteiger partial charge in [-0.1, -0.05) is 11.6 Å². The van der Waals surface area contributed by atoms with Crippen molar-refractivity contribution in [1.29, 1.82) is 0 Å². The van der Waals surface area contributed by atoms with Gasteiger partial charge in [0.1, 0.15) is 0 Å². The van der Waals surface area contributed by atoms with Crippen molar-refractivity contribution in [2.45, 2.75) is 6.92 Å². The number of rotatable bonds is 4. The molecule has 10 heteroatoms. The highest BCUT2D eigenvalue weighted by molar-refractivity contribution is 6.31. The molecule has 0 spiro atoms. The molecular formula is C9H12ClN3O6. The summed E-state index contributed by atoms with van der Waals surface area (Å²) >= 11 is 5.64. The van der Waals surface area contributed by atoms with E-state index >= 15 is 0 Å². The number of amides is 1. The van der Waals surface area contributed by atoms with Crippen LogP contribution in [0.4, 0.5) is 21.9 Å². The van der Waals surface area contributed by atoms with Crippen LogP contribution in [-0.2, 0) is 4.74 Å². The van der Waals surface area contributed by atoms with E-state index in [-0.39, 0.29) is 17.3 Å². The Bertz CT molecular complexity index is 438. The zero-order valence-electron chi connectivity index (χ0n) is 9.77. The summed E-state index contributed by atoms with van der Waals surface area (Å²) < 4.78 is 4.58. The molecule has 2 atom stereocenters. The van der Waals surface area contributed by atoms with Crippen LogP contribution in [0.1, 0.15) is 6.92 Å². The first-order chi connectivity index (χ1) is 8.86. The van der Waals surface area contributed by atoms with E-state index in [0.717, 1.165) is 12.1 Å². The normalized spacial score (nSPS) is 13.8. The summed E-state index contributed by atoms with van der Waals surface area (Å²) in [4.78, 5) is 11.3. The zero-order chi connectivity index (χ0) is 14.6. The predicted octanol–water partition coefficient (Wildman–Crippen LogP) is -0.285. The highest BCUT2D eigenvalue weighted by Gasteiger charge is 2.23. The van der Waals surface area contributed by atoms with Crippen molar-refractivity contribution in [3.05, 3.63) is 27.6 Å². The topological polar surface area (TPSA) is 134 Å². The van der Waals surface area contributed by atoms with Gasteiger partial charge in [0, 0.05) is 12.1 Å². The molecule has 1 rings (SSSR count). The third kappa shape index (κ3) is 4.01. The van der Waals surface area contributed by atoms with Crippen LogP contribution < -0.4 is 15.8 Å². The Labute approximate surface area is 112 Å². The SMILES string of the molecule is CCOC(=O)Nc1c([NH+]([O-])O)cc(Cl)cc1[NH+]([O-])O. The van der Waals surface area contributed by atoms with E-state index in [1.807, 2.05) is 0 Å². The van der Waals surface area contributed by atoms with E-state index in [9.17, 15) is 15.2 Å². The number of anilines is 1. The molecule has 0 fully saturated rings. The van der Waals surface area contributed by atoms with Gasteiger partial charge in [-0.25, -0.2) is 15.2 Å². The Morgan fingerprint density at radius 1 is 1.37 bits per heavy atom. The molecule has 0 aliphatic heterocycles. The molecule has 0 aliphatic rings. The van der Waals surface area contributed by atoms with Gasteiger partial charge in [-0.05, 0) is 6.92 Å². The average Bonchev–Trinajstić information content (AvgIpc) is 2.30. The number of quaternary nitrogens is 2. The number of carbonyl (C=O) groups excluding carboxylic acids is 1. The second kappa shape index (κ2) is 6.63. The van der Waals surface area contributed by atoms with E-state index in [1.54, 1.807) is 6.92 Å². The van der Waals surface area contributed by atoms with Crippen LogP contribution in [0.2, 0.25) is 5.02 Å². The molecular weight excluding hydrogens is 282 g/mol. The molecule has 9 nitrogen and oxygen atoms in total. The van der Waals surface area contributed by atoms with Gasteiger partial charge in [0.2, 0.25) is 0 Å². The minimum atomic E-state index is -1.42. The van der Waals surface area contributed by atoms with E-state index in [2.05, 4.69) is 10.1 Å². The zero-order valence-corrected chi connectivity index (χ0v) is 10.5. The minimum absolute atomic E-state index is 0.0598. The van der Waals surface area contributed by atoms with Gasteiger partial charge in [0.05, 0.1) is 11.6 Å². The minimum Gasteiger partial charge on any atom is -0.595 e. The van der Waals surface area contributed by atoms with E-state index in [0.29, 0.717) is 0 Å². The second-order valence-electron chi connectivity index (χ2n) is 3.33. The third-order valence-electron chi connectivity index (χ3n) is 2.07. The maximum Gasteiger partial charge on any atom is 0.411 e. The fourth-order valence-corrected chi connectivity index (χ4v) is 1.57. The lowest BCUT2D eigenvalue weighted by molar-refractivity contribution is -0.995. The summed E-state index contributed by atoms with van der Waals surface area (Å²) in [5, 5.41) is 39.3. The molecule has 5 N–H and O–H groups in total. The van der Waals surface area contributed by atoms with Crippen molar-refractivity contribution in [2.75, 3.05) is 11.9 Å². The molecule has 1 aromatic carbocycles. The van der Waals surface area contributed by atoms with Gasteiger partial charge in [0.15, 0.2) is 17.1 Å². The molecule has 1 aromatic rings. The Morgan fingerprint density at radius 3 is 2.21 bits per heavy atom. The quantitative estimate of drug-likeness (QED) is 0.485. The first kappa shape index (κ1) is 15.6. The summed E-state index contributed by atoms with van der Waals surface area (Å²) in [5.74, 6) is 0. The summed E-state index contributed by atoms with van der Waals surface area (Å²) in [7, 11) is 0. The first-order valence-electron chi connectivity index (χ1n) is 5.10. The van der Waals surface area contributed by atoms with Crippen LogP contribution in [0.25, 0.3) is 0 Å². The Hall–Kier alpha value is -1.46. The molecule has 0 aliphatic carbocycles. The smallest absolute Gasteiger partial charge is 0.411 e. The number of hydrogen-bond donors (Lipinski definition) is 5. The van der Waals surface area contributed by atoms with E-state index in [4.69, 9.17) is 22.0 Å². The lowest BCUT2D eigenvalue weighted by atomic mass is 10.2. The number of benzene rings is 1. The molecule has 0 saturated carbocycles. The first-order valence-corrected chi connectivity index (χ1v) is 5.48. The van der Waals surface area contributed by atoms with Crippen molar-refractivity contribution in [1.82, 2.24) is 0 Å². The molecule has 2 unspecified atom stereocenters. The summed E-state index contributed by atoms with van der Waals surface area (Å²) in [6, 6.07) is 2.08. The van der Waals surface area contributed by atoms with Gasteiger partial charge in [-0.15, -0.1) is 0 Å². The second-order valence-corrected chi connectivity index (χ2v) is 3.77. The fraction of sp³-hybridized carbons (Fsp3) is 0.222. The van der Waals surface area contributed by atoms with Crippen LogP contribution in [-0.4, -0.2) is 23.1 Å². The Morgan fingerprint density at radius 2 is 1.84 bits per heavy atom. The molecule has 19 heavy (non-hydrogen) atoms. The van der Waals surface area contributed by atoms with Gasteiger partial charge >= 0.3 is 6.09 Å². The van der Waals surface area contributed by atoms with Crippen LogP contribution in [0.5, 0.6) is 0 Å². The fourth-order valence-electron chi connectivity index (χ4n) is 1.35. The number of hydrogen-bond acceptors (Lipinski definition) is 6. The number of nitrogens with one attached hydrogen (secondary N) is 3. The van der Waals surface area contributed by atoms with E-state index < -0.39 is 27.9 Å². The van der Waals surface area contributed by atoms with Crippen LogP contribution in [0.15, 0.2) is 12.1 Å². The van der Waals surface area contributed by atoms with Crippen LogP contribution in [0.3, 0.4) is 0 Å². The lowest BCUT2D eigenvalue weighted by Gasteiger charge is -2.21. The standard InChI is InChI=1S/C9H12ClN3O6/c1-2-19-9(14)11-8-6(12(15)16)3-5(10)4-7(8)13(17)18/h3-4,12-13,15,17H,2H2,1H3,(H,11,14). The molecule has 0 heterocycles. The number of halogens is 1. The molecule has 1 amide bonds. The summed E-state index contributed by atoms with van der Waals surface area (Å²) in [6.07, 6.45) is -0.949. The van der Waals surface area contributed by atoms with Crippen molar-refractivity contribution >= 4 is 34.8 Å². The third-order valence-corrected chi connectivity index (χ3v) is 2.28. The highest BCUT2D eigenvalue weighted by atomic mass is 35.5. The summed E-state index contributed by atoms with van der Waals surface area (Å²) in [6.45, 7) is 1.61. The maximum absolute atomic E-state index is 11.3. The average molecular weight is 294 g/mol. The lowest BCUT2D eigenvalue weighted by Crippen LogP contribution is -3.01.